The van der Waals surface area contributed by atoms with Gasteiger partial charge in [-0.15, -0.1) is 30.6 Å². The molecule has 9 nitrogen and oxygen atoms in total. The molecule has 2 aliphatic rings. The molecule has 10 heteroatoms. The van der Waals surface area contributed by atoms with Crippen LogP contribution in [0.5, 0.6) is 0 Å². The van der Waals surface area contributed by atoms with E-state index in [0.29, 0.717) is 19.6 Å². The third kappa shape index (κ3) is 7.46. The fourth-order valence-corrected chi connectivity index (χ4v) is 3.70. The minimum atomic E-state index is -0.405. The number of carbonyl (C=O) groups is 1. The van der Waals surface area contributed by atoms with E-state index in [2.05, 4.69) is 21.7 Å². The summed E-state index contributed by atoms with van der Waals surface area (Å²) < 4.78 is 0. The molecule has 0 aromatic heterocycles. The highest BCUT2D eigenvalue weighted by Crippen LogP contribution is 2.13. The lowest BCUT2D eigenvalue weighted by atomic mass is 10.2. The molecular formula is C21H31IN6O3. The number of nitro groups is 1. The molecule has 1 aromatic carbocycles. The summed E-state index contributed by atoms with van der Waals surface area (Å²) in [7, 11) is 0. The number of aliphatic imine (C=N–C) groups is 1. The van der Waals surface area contributed by atoms with Gasteiger partial charge in [0.1, 0.15) is 0 Å². The SMILES string of the molecule is C=CCNC(=NCc1ccc([N+](=O)[O-])cc1)N1CCN(CC(=O)N2CCCC2)CC1.I. The zero-order valence-electron chi connectivity index (χ0n) is 17.7. The molecule has 0 atom stereocenters. The molecule has 0 unspecified atom stereocenters. The van der Waals surface area contributed by atoms with E-state index in [0.717, 1.165) is 63.6 Å². The van der Waals surface area contributed by atoms with Gasteiger partial charge in [-0.25, -0.2) is 4.99 Å². The van der Waals surface area contributed by atoms with Gasteiger partial charge < -0.3 is 15.1 Å². The molecule has 170 valence electrons. The molecule has 0 bridgehead atoms. The third-order valence-corrected chi connectivity index (χ3v) is 5.45. The van der Waals surface area contributed by atoms with Gasteiger partial charge in [-0.2, -0.15) is 0 Å². The monoisotopic (exact) mass is 542 g/mol. The van der Waals surface area contributed by atoms with E-state index in [-0.39, 0.29) is 35.6 Å². The zero-order valence-corrected chi connectivity index (χ0v) is 20.1. The number of guanidine groups is 1. The Labute approximate surface area is 200 Å². The van der Waals surface area contributed by atoms with Crippen molar-refractivity contribution < 1.29 is 9.72 Å². The molecular weight excluding hydrogens is 511 g/mol. The average Bonchev–Trinajstić information content (AvgIpc) is 3.30. The predicted molar refractivity (Wildman–Crippen MR) is 132 cm³/mol. The maximum atomic E-state index is 12.4. The Bertz CT molecular complexity index is 772. The zero-order chi connectivity index (χ0) is 21.3. The smallest absolute Gasteiger partial charge is 0.269 e. The predicted octanol–water partition coefficient (Wildman–Crippen LogP) is 2.08. The largest absolute Gasteiger partial charge is 0.353 e. The number of piperazine rings is 1. The van der Waals surface area contributed by atoms with Crippen molar-refractivity contribution in [1.82, 2.24) is 20.0 Å². The van der Waals surface area contributed by atoms with Gasteiger partial charge in [-0.05, 0) is 18.4 Å². The lowest BCUT2D eigenvalue weighted by Gasteiger charge is -2.36. The van der Waals surface area contributed by atoms with Crippen LogP contribution in [0, 0.1) is 10.1 Å². The minimum Gasteiger partial charge on any atom is -0.353 e. The number of hydrogen-bond donors (Lipinski definition) is 1. The Kier molecular flexibility index (Phi) is 10.2. The summed E-state index contributed by atoms with van der Waals surface area (Å²) in [6, 6.07) is 6.46. The molecule has 0 spiro atoms. The molecule has 31 heavy (non-hydrogen) atoms. The van der Waals surface area contributed by atoms with Crippen LogP contribution in [-0.4, -0.2) is 83.8 Å². The van der Waals surface area contributed by atoms with Gasteiger partial charge in [0.05, 0.1) is 18.0 Å². The van der Waals surface area contributed by atoms with Gasteiger partial charge in [-0.3, -0.25) is 19.8 Å². The van der Waals surface area contributed by atoms with E-state index in [1.165, 1.54) is 12.1 Å². The van der Waals surface area contributed by atoms with Crippen molar-refractivity contribution in [1.29, 1.82) is 0 Å². The lowest BCUT2D eigenvalue weighted by Crippen LogP contribution is -2.54. The molecule has 1 aromatic rings. The Morgan fingerprint density at radius 3 is 2.32 bits per heavy atom. The fraction of sp³-hybridized carbons (Fsp3) is 0.524. The first-order valence-electron chi connectivity index (χ1n) is 10.4. The van der Waals surface area contributed by atoms with Crippen molar-refractivity contribution in [3.8, 4) is 0 Å². The molecule has 2 fully saturated rings. The molecule has 0 aliphatic carbocycles. The Morgan fingerprint density at radius 1 is 1.10 bits per heavy atom. The molecule has 0 radical (unpaired) electrons. The van der Waals surface area contributed by atoms with Crippen molar-refractivity contribution in [2.75, 3.05) is 52.4 Å². The van der Waals surface area contributed by atoms with E-state index in [9.17, 15) is 14.9 Å². The van der Waals surface area contributed by atoms with Gasteiger partial charge >= 0.3 is 0 Å². The number of carbonyl (C=O) groups excluding carboxylic acids is 1. The van der Waals surface area contributed by atoms with Gasteiger partial charge in [-0.1, -0.05) is 18.2 Å². The molecule has 2 saturated heterocycles. The van der Waals surface area contributed by atoms with E-state index in [1.807, 2.05) is 4.90 Å². The van der Waals surface area contributed by atoms with Crippen LogP contribution in [0.25, 0.3) is 0 Å². The maximum Gasteiger partial charge on any atom is 0.269 e. The highest BCUT2D eigenvalue weighted by molar-refractivity contribution is 14.0. The normalized spacial score (nSPS) is 17.2. The average molecular weight is 542 g/mol. The fourth-order valence-electron chi connectivity index (χ4n) is 3.70. The van der Waals surface area contributed by atoms with E-state index in [1.54, 1.807) is 18.2 Å². The Balaban J connectivity index is 0.00000341. The summed E-state index contributed by atoms with van der Waals surface area (Å²) in [6.45, 7) is 10.3. The molecule has 3 rings (SSSR count). The number of rotatable bonds is 7. The number of nitrogens with one attached hydrogen (secondary N) is 1. The third-order valence-electron chi connectivity index (χ3n) is 5.45. The second-order valence-corrected chi connectivity index (χ2v) is 7.58. The lowest BCUT2D eigenvalue weighted by molar-refractivity contribution is -0.384. The number of amides is 1. The van der Waals surface area contributed by atoms with Crippen LogP contribution in [0.1, 0.15) is 18.4 Å². The van der Waals surface area contributed by atoms with Gasteiger partial charge in [0, 0.05) is 57.9 Å². The number of non-ortho nitro benzene ring substituents is 1. The Hall–Kier alpha value is -2.21. The van der Waals surface area contributed by atoms with Crippen molar-refractivity contribution in [3.63, 3.8) is 0 Å². The summed E-state index contributed by atoms with van der Waals surface area (Å²) in [4.78, 5) is 33.8. The van der Waals surface area contributed by atoms with Crippen LogP contribution in [0.4, 0.5) is 5.69 Å². The first-order valence-corrected chi connectivity index (χ1v) is 10.4. The maximum absolute atomic E-state index is 12.4. The van der Waals surface area contributed by atoms with Gasteiger partial charge in [0.2, 0.25) is 5.91 Å². The number of benzene rings is 1. The van der Waals surface area contributed by atoms with Crippen LogP contribution < -0.4 is 5.32 Å². The summed E-state index contributed by atoms with van der Waals surface area (Å²) in [6.07, 6.45) is 4.01. The molecule has 2 heterocycles. The number of likely N-dealkylation sites (tertiary alicyclic amines) is 1. The molecule has 1 N–H and O–H groups in total. The molecule has 1 amide bonds. The number of halogens is 1. The second kappa shape index (κ2) is 12.6. The number of nitrogens with zero attached hydrogens (tertiary/aromatic N) is 5. The van der Waals surface area contributed by atoms with Gasteiger partial charge in [0.25, 0.3) is 5.69 Å². The van der Waals surface area contributed by atoms with E-state index < -0.39 is 4.92 Å². The minimum absolute atomic E-state index is 0. The van der Waals surface area contributed by atoms with Crippen molar-refractivity contribution in [2.45, 2.75) is 19.4 Å². The first kappa shape index (κ1) is 25.1. The van der Waals surface area contributed by atoms with Crippen LogP contribution in [0.3, 0.4) is 0 Å². The highest BCUT2D eigenvalue weighted by Gasteiger charge is 2.24. The standard InChI is InChI=1S/C21H30N6O3.HI/c1-2-9-22-21(23-16-18-5-7-19(8-6-18)27(29)30)26-14-12-24(13-15-26)17-20(28)25-10-3-4-11-25;/h2,5-8H,1,3-4,9-17H2,(H,22,23);1H. The van der Waals surface area contributed by atoms with E-state index in [4.69, 9.17) is 4.99 Å². The van der Waals surface area contributed by atoms with Crippen molar-refractivity contribution in [3.05, 3.63) is 52.6 Å². The van der Waals surface area contributed by atoms with Crippen LogP contribution in [-0.2, 0) is 11.3 Å². The van der Waals surface area contributed by atoms with E-state index >= 15 is 0 Å². The Morgan fingerprint density at radius 2 is 1.74 bits per heavy atom. The van der Waals surface area contributed by atoms with Gasteiger partial charge in [0.15, 0.2) is 5.96 Å². The topological polar surface area (TPSA) is 94.3 Å². The van der Waals surface area contributed by atoms with Crippen molar-refractivity contribution in [2.24, 2.45) is 4.99 Å². The number of hydrogen-bond acceptors (Lipinski definition) is 5. The van der Waals surface area contributed by atoms with Crippen LogP contribution >= 0.6 is 24.0 Å². The summed E-state index contributed by atoms with van der Waals surface area (Å²) in [5.41, 5.74) is 0.987. The van der Waals surface area contributed by atoms with Crippen molar-refractivity contribution >= 4 is 41.5 Å². The second-order valence-electron chi connectivity index (χ2n) is 7.58. The number of nitro benzene ring substituents is 1. The summed E-state index contributed by atoms with van der Waals surface area (Å²) in [5.74, 6) is 1.02. The molecule has 2 aliphatic heterocycles. The summed E-state index contributed by atoms with van der Waals surface area (Å²) >= 11 is 0. The van der Waals surface area contributed by atoms with Crippen LogP contribution in [0.2, 0.25) is 0 Å². The summed E-state index contributed by atoms with van der Waals surface area (Å²) in [5, 5.41) is 14.1. The highest BCUT2D eigenvalue weighted by atomic mass is 127. The van der Waals surface area contributed by atoms with Crippen LogP contribution in [0.15, 0.2) is 41.9 Å². The molecule has 0 saturated carbocycles. The quantitative estimate of drug-likeness (QED) is 0.142. The first-order chi connectivity index (χ1) is 14.6.